The molecule has 1 unspecified atom stereocenters. The smallest absolute Gasteiger partial charge is 0.237 e. The topological polar surface area (TPSA) is 81.6 Å². The molecule has 0 heterocycles. The third-order valence-electron chi connectivity index (χ3n) is 3.72. The van der Waals surface area contributed by atoms with Crippen LogP contribution in [0.4, 0.5) is 0 Å². The highest BCUT2D eigenvalue weighted by Gasteiger charge is 2.24. The highest BCUT2D eigenvalue weighted by molar-refractivity contribution is 5.83. The number of amides is 1. The van der Waals surface area contributed by atoms with Gasteiger partial charge in [0, 0.05) is 13.2 Å². The molecule has 0 aromatic rings. The van der Waals surface area contributed by atoms with Gasteiger partial charge in [-0.15, -0.1) is 0 Å². The van der Waals surface area contributed by atoms with Crippen molar-refractivity contribution in [2.45, 2.75) is 44.6 Å². The average Bonchev–Trinajstić information content (AvgIpc) is 3.14. The zero-order chi connectivity index (χ0) is 14.3. The minimum Gasteiger partial charge on any atom is -0.380 e. The van der Waals surface area contributed by atoms with Gasteiger partial charge in [0.1, 0.15) is 0 Å². The summed E-state index contributed by atoms with van der Waals surface area (Å²) in [6.07, 6.45) is 5.28. The molecule has 1 aliphatic carbocycles. The first-order chi connectivity index (χ1) is 8.92. The van der Waals surface area contributed by atoms with Gasteiger partial charge in [-0.3, -0.25) is 4.79 Å². The number of ether oxygens (including phenoxy) is 1. The van der Waals surface area contributed by atoms with Crippen molar-refractivity contribution in [3.8, 4) is 0 Å². The van der Waals surface area contributed by atoms with Crippen molar-refractivity contribution in [3.05, 3.63) is 0 Å². The van der Waals surface area contributed by atoms with Crippen LogP contribution in [0.5, 0.6) is 0 Å². The summed E-state index contributed by atoms with van der Waals surface area (Å²) >= 11 is 0. The second-order valence-electron chi connectivity index (χ2n) is 6.06. The van der Waals surface area contributed by atoms with Crippen LogP contribution in [0.25, 0.3) is 0 Å². The lowest BCUT2D eigenvalue weighted by molar-refractivity contribution is -0.122. The van der Waals surface area contributed by atoms with E-state index in [1.165, 1.54) is 12.8 Å². The molecule has 5 heteroatoms. The molecule has 1 saturated carbocycles. The molecule has 5 nitrogen and oxygen atoms in total. The second-order valence-corrected chi connectivity index (χ2v) is 6.06. The van der Waals surface area contributed by atoms with Crippen molar-refractivity contribution >= 4 is 5.91 Å². The number of carbonyl (C=O) groups is 1. The van der Waals surface area contributed by atoms with Gasteiger partial charge in [0.05, 0.1) is 12.1 Å². The van der Waals surface area contributed by atoms with E-state index in [4.69, 9.17) is 16.2 Å². The van der Waals surface area contributed by atoms with Gasteiger partial charge in [-0.05, 0) is 58.5 Å². The Morgan fingerprint density at radius 2 is 2.05 bits per heavy atom. The van der Waals surface area contributed by atoms with Gasteiger partial charge in [-0.1, -0.05) is 0 Å². The second kappa shape index (κ2) is 7.82. The molecular formula is C14H29N3O2. The van der Waals surface area contributed by atoms with Crippen LogP contribution in [0.3, 0.4) is 0 Å². The van der Waals surface area contributed by atoms with E-state index in [1.807, 2.05) is 0 Å². The maximum atomic E-state index is 11.1. The third-order valence-corrected chi connectivity index (χ3v) is 3.72. The Labute approximate surface area is 116 Å². The molecule has 1 amide bonds. The Morgan fingerprint density at radius 3 is 2.63 bits per heavy atom. The van der Waals surface area contributed by atoms with Crippen molar-refractivity contribution in [1.82, 2.24) is 4.90 Å². The minimum absolute atomic E-state index is 0.422. The number of likely N-dealkylation sites (N-methyl/N-ethyl adjacent to an activating group) is 1. The maximum absolute atomic E-state index is 11.1. The van der Waals surface area contributed by atoms with E-state index in [1.54, 1.807) is 6.92 Å². The molecule has 0 saturated heterocycles. The Kier molecular flexibility index (Phi) is 6.75. The monoisotopic (exact) mass is 271 g/mol. The van der Waals surface area contributed by atoms with Gasteiger partial charge in [-0.25, -0.2) is 0 Å². The molecule has 0 aliphatic heterocycles. The molecule has 4 N–H and O–H groups in total. The summed E-state index contributed by atoms with van der Waals surface area (Å²) in [6.45, 7) is 5.40. The summed E-state index contributed by atoms with van der Waals surface area (Å²) in [7, 11) is 2.09. The first-order valence-electron chi connectivity index (χ1n) is 7.27. The van der Waals surface area contributed by atoms with Gasteiger partial charge in [0.15, 0.2) is 0 Å². The molecule has 1 fully saturated rings. The predicted octanol–water partition coefficient (Wildman–Crippen LogP) is 0.718. The van der Waals surface area contributed by atoms with Gasteiger partial charge in [0.25, 0.3) is 0 Å². The van der Waals surface area contributed by atoms with Crippen LogP contribution in [0.2, 0.25) is 0 Å². The van der Waals surface area contributed by atoms with Crippen molar-refractivity contribution in [3.63, 3.8) is 0 Å². The van der Waals surface area contributed by atoms with Crippen LogP contribution < -0.4 is 11.5 Å². The predicted molar refractivity (Wildman–Crippen MR) is 76.7 cm³/mol. The Hall–Kier alpha value is -0.650. The van der Waals surface area contributed by atoms with Gasteiger partial charge in [0.2, 0.25) is 5.91 Å². The van der Waals surface area contributed by atoms with Gasteiger partial charge in [-0.2, -0.15) is 0 Å². The van der Waals surface area contributed by atoms with Crippen LogP contribution in [0.1, 0.15) is 39.0 Å². The first-order valence-corrected chi connectivity index (χ1v) is 7.27. The van der Waals surface area contributed by atoms with E-state index >= 15 is 0 Å². The number of primary amides is 1. The fraction of sp³-hybridized carbons (Fsp3) is 0.929. The molecular weight excluding hydrogens is 242 g/mol. The number of nitrogens with zero attached hydrogens (tertiary/aromatic N) is 1. The highest BCUT2D eigenvalue weighted by Crippen LogP contribution is 2.28. The molecule has 0 spiro atoms. The Bertz CT molecular complexity index is 278. The van der Waals surface area contributed by atoms with Crippen LogP contribution >= 0.6 is 0 Å². The number of unbranched alkanes of at least 4 members (excludes halogenated alkanes) is 1. The number of carbonyl (C=O) groups excluding carboxylic acids is 1. The van der Waals surface area contributed by atoms with Crippen LogP contribution in [0, 0.1) is 5.92 Å². The lowest BCUT2D eigenvalue weighted by Crippen LogP contribution is -2.49. The summed E-state index contributed by atoms with van der Waals surface area (Å²) in [5.41, 5.74) is 10.2. The molecule has 112 valence electrons. The number of rotatable bonds is 11. The normalized spacial score (nSPS) is 18.5. The Balaban J connectivity index is 1.94. The molecule has 1 rings (SSSR count). The molecule has 1 atom stereocenters. The van der Waals surface area contributed by atoms with Crippen LogP contribution in [-0.2, 0) is 9.53 Å². The highest BCUT2D eigenvalue weighted by atomic mass is 16.5. The van der Waals surface area contributed by atoms with Crippen molar-refractivity contribution in [2.24, 2.45) is 17.4 Å². The number of hydrogen-bond acceptors (Lipinski definition) is 4. The minimum atomic E-state index is -0.869. The van der Waals surface area contributed by atoms with Gasteiger partial charge < -0.3 is 21.1 Å². The molecule has 0 aromatic carbocycles. The van der Waals surface area contributed by atoms with Crippen LogP contribution in [-0.4, -0.2) is 49.7 Å². The zero-order valence-corrected chi connectivity index (χ0v) is 12.4. The quantitative estimate of drug-likeness (QED) is 0.542. The van der Waals surface area contributed by atoms with E-state index in [-0.39, 0.29) is 0 Å². The summed E-state index contributed by atoms with van der Waals surface area (Å²) in [5.74, 6) is 0.413. The average molecular weight is 271 g/mol. The fourth-order valence-corrected chi connectivity index (χ4v) is 1.86. The van der Waals surface area contributed by atoms with Crippen molar-refractivity contribution in [1.29, 1.82) is 0 Å². The summed E-state index contributed by atoms with van der Waals surface area (Å²) in [6, 6.07) is 0. The lowest BCUT2D eigenvalue weighted by Gasteiger charge is -2.21. The zero-order valence-electron chi connectivity index (χ0n) is 12.4. The van der Waals surface area contributed by atoms with E-state index in [0.29, 0.717) is 6.42 Å². The number of nitrogens with two attached hydrogens (primary N) is 2. The standard InChI is InChI=1S/C14H29N3O2/c1-14(16,13(15)18)7-3-4-8-17(2)9-10-19-11-12-5-6-12/h12H,3-11,16H2,1-2H3,(H2,15,18). The summed E-state index contributed by atoms with van der Waals surface area (Å²) in [5, 5.41) is 0. The largest absolute Gasteiger partial charge is 0.380 e. The van der Waals surface area contributed by atoms with Crippen LogP contribution in [0.15, 0.2) is 0 Å². The lowest BCUT2D eigenvalue weighted by atomic mass is 9.95. The number of hydrogen-bond donors (Lipinski definition) is 2. The van der Waals surface area contributed by atoms with E-state index in [0.717, 1.165) is 45.1 Å². The van der Waals surface area contributed by atoms with Crippen molar-refractivity contribution in [2.75, 3.05) is 33.4 Å². The van der Waals surface area contributed by atoms with E-state index in [9.17, 15) is 4.79 Å². The van der Waals surface area contributed by atoms with Gasteiger partial charge >= 0.3 is 0 Å². The fourth-order valence-electron chi connectivity index (χ4n) is 1.86. The Morgan fingerprint density at radius 1 is 1.37 bits per heavy atom. The summed E-state index contributed by atoms with van der Waals surface area (Å²) < 4.78 is 5.60. The third kappa shape index (κ3) is 7.50. The summed E-state index contributed by atoms with van der Waals surface area (Å²) in [4.78, 5) is 13.3. The van der Waals surface area contributed by atoms with E-state index in [2.05, 4.69) is 11.9 Å². The van der Waals surface area contributed by atoms with E-state index < -0.39 is 11.4 Å². The van der Waals surface area contributed by atoms with Crippen molar-refractivity contribution < 1.29 is 9.53 Å². The first kappa shape index (κ1) is 16.4. The SMILES string of the molecule is CN(CCCCC(C)(N)C(N)=O)CCOCC1CC1. The molecule has 0 aromatic heterocycles. The molecule has 0 radical (unpaired) electrons. The molecule has 19 heavy (non-hydrogen) atoms. The molecule has 0 bridgehead atoms. The maximum Gasteiger partial charge on any atom is 0.237 e. The molecule has 1 aliphatic rings.